The van der Waals surface area contributed by atoms with Gasteiger partial charge in [-0.05, 0) is 53.4 Å². The zero-order valence-electron chi connectivity index (χ0n) is 18.9. The van der Waals surface area contributed by atoms with Crippen LogP contribution in [0.4, 0.5) is 5.82 Å². The van der Waals surface area contributed by atoms with E-state index in [1.807, 2.05) is 48.5 Å². The topological polar surface area (TPSA) is 96.1 Å². The highest BCUT2D eigenvalue weighted by atomic mass is 16.5. The molecule has 34 heavy (non-hydrogen) atoms. The lowest BCUT2D eigenvalue weighted by Gasteiger charge is -2.35. The van der Waals surface area contributed by atoms with Crippen LogP contribution in [0.25, 0.3) is 10.8 Å². The summed E-state index contributed by atoms with van der Waals surface area (Å²) in [5.41, 5.74) is 2.57. The maximum absolute atomic E-state index is 12.6. The normalized spacial score (nSPS) is 17.1. The van der Waals surface area contributed by atoms with Gasteiger partial charge in [-0.2, -0.15) is 5.10 Å². The van der Waals surface area contributed by atoms with Gasteiger partial charge in [-0.25, -0.2) is 0 Å². The minimum absolute atomic E-state index is 0.0860. The van der Waals surface area contributed by atoms with Gasteiger partial charge in [0.2, 0.25) is 5.91 Å². The van der Waals surface area contributed by atoms with Gasteiger partial charge in [0, 0.05) is 29.3 Å². The van der Waals surface area contributed by atoms with Gasteiger partial charge in [-0.1, -0.05) is 42.5 Å². The molecule has 0 unspecified atom stereocenters. The van der Waals surface area contributed by atoms with Crippen molar-refractivity contribution in [2.75, 3.05) is 12.4 Å². The summed E-state index contributed by atoms with van der Waals surface area (Å²) in [4.78, 5) is 25.0. The monoisotopic (exact) mass is 454 g/mol. The molecule has 7 nitrogen and oxygen atoms in total. The van der Waals surface area contributed by atoms with Crippen molar-refractivity contribution in [1.29, 1.82) is 0 Å². The molecule has 0 atom stereocenters. The number of hydrogen-bond donors (Lipinski definition) is 3. The molecule has 1 aliphatic rings. The third kappa shape index (κ3) is 4.64. The van der Waals surface area contributed by atoms with E-state index >= 15 is 0 Å². The number of ether oxygens (including phenoxy) is 1. The zero-order chi connectivity index (χ0) is 23.5. The van der Waals surface area contributed by atoms with Crippen LogP contribution in [0.5, 0.6) is 5.75 Å². The second kappa shape index (κ2) is 9.39. The third-order valence-corrected chi connectivity index (χ3v) is 6.36. The van der Waals surface area contributed by atoms with Crippen molar-refractivity contribution in [2.24, 2.45) is 0 Å². The Morgan fingerprint density at radius 1 is 1.03 bits per heavy atom. The number of amides is 2. The fourth-order valence-corrected chi connectivity index (χ4v) is 4.42. The molecule has 172 valence electrons. The fourth-order valence-electron chi connectivity index (χ4n) is 4.42. The van der Waals surface area contributed by atoms with Crippen molar-refractivity contribution in [2.45, 2.75) is 31.2 Å². The number of rotatable bonds is 7. The Labute approximate surface area is 197 Å². The number of carbonyl (C=O) groups is 2. The molecule has 5 rings (SSSR count). The molecule has 1 aliphatic carbocycles. The first-order valence-electron chi connectivity index (χ1n) is 11.4. The van der Waals surface area contributed by atoms with Gasteiger partial charge in [0.25, 0.3) is 5.91 Å². The van der Waals surface area contributed by atoms with Crippen molar-refractivity contribution in [1.82, 2.24) is 15.5 Å². The van der Waals surface area contributed by atoms with Crippen molar-refractivity contribution in [3.05, 3.63) is 89.6 Å². The van der Waals surface area contributed by atoms with E-state index < -0.39 is 0 Å². The van der Waals surface area contributed by atoms with E-state index in [0.29, 0.717) is 11.4 Å². The van der Waals surface area contributed by atoms with E-state index in [0.717, 1.165) is 40.6 Å². The molecule has 4 aromatic rings. The van der Waals surface area contributed by atoms with Gasteiger partial charge in [-0.15, -0.1) is 0 Å². The molecule has 0 aliphatic heterocycles. The van der Waals surface area contributed by atoms with Crippen LogP contribution in [-0.2, 0) is 11.2 Å². The van der Waals surface area contributed by atoms with Crippen molar-refractivity contribution in [3.63, 3.8) is 0 Å². The standard InChI is InChI=1S/C27H26N4O3/c1-34-22-11-9-18(10-12-22)27(33)28-21-13-20(14-21)24-16-25(31-30-24)29-26(32)15-19-7-4-6-17-5-2-3-8-23(17)19/h2-12,16,20-21H,13-15H2,1H3,(H,28,33)(H2,29,30,31,32)/t20-,21+. The first-order chi connectivity index (χ1) is 16.6. The Bertz CT molecular complexity index is 1320. The number of fused-ring (bicyclic) bond motifs is 1. The Balaban J connectivity index is 1.13. The fraction of sp³-hybridized carbons (Fsp3) is 0.222. The van der Waals surface area contributed by atoms with Crippen LogP contribution >= 0.6 is 0 Å². The lowest BCUT2D eigenvalue weighted by Crippen LogP contribution is -2.43. The number of nitrogens with one attached hydrogen (secondary N) is 3. The number of benzene rings is 3. The molecule has 0 spiro atoms. The zero-order valence-corrected chi connectivity index (χ0v) is 18.9. The summed E-state index contributed by atoms with van der Waals surface area (Å²) in [5, 5.41) is 15.5. The quantitative estimate of drug-likeness (QED) is 0.385. The molecular weight excluding hydrogens is 428 g/mol. The number of nitrogens with zero attached hydrogens (tertiary/aromatic N) is 1. The van der Waals surface area contributed by atoms with Crippen LogP contribution in [0.3, 0.4) is 0 Å². The maximum atomic E-state index is 12.6. The number of carbonyl (C=O) groups excluding carboxylic acids is 2. The molecule has 1 aromatic heterocycles. The summed E-state index contributed by atoms with van der Waals surface area (Å²) in [6.45, 7) is 0. The molecule has 0 saturated heterocycles. The molecule has 1 heterocycles. The van der Waals surface area contributed by atoms with Crippen LogP contribution in [0, 0.1) is 0 Å². The lowest BCUT2D eigenvalue weighted by atomic mass is 9.78. The van der Waals surface area contributed by atoms with E-state index in [4.69, 9.17) is 4.74 Å². The smallest absolute Gasteiger partial charge is 0.251 e. The van der Waals surface area contributed by atoms with Crippen molar-refractivity contribution >= 4 is 28.4 Å². The lowest BCUT2D eigenvalue weighted by molar-refractivity contribution is -0.115. The highest BCUT2D eigenvalue weighted by Gasteiger charge is 2.33. The summed E-state index contributed by atoms with van der Waals surface area (Å²) in [7, 11) is 1.60. The average molecular weight is 455 g/mol. The highest BCUT2D eigenvalue weighted by molar-refractivity contribution is 5.96. The number of methoxy groups -OCH3 is 1. The average Bonchev–Trinajstić information content (AvgIpc) is 3.28. The Kier molecular flexibility index (Phi) is 5.99. The van der Waals surface area contributed by atoms with E-state index in [2.05, 4.69) is 20.8 Å². The summed E-state index contributed by atoms with van der Waals surface area (Å²) in [6.07, 6.45) is 1.94. The van der Waals surface area contributed by atoms with E-state index in [9.17, 15) is 9.59 Å². The van der Waals surface area contributed by atoms with Crippen LogP contribution < -0.4 is 15.4 Å². The Hall–Kier alpha value is -4.13. The van der Waals surface area contributed by atoms with Crippen LogP contribution in [-0.4, -0.2) is 35.2 Å². The van der Waals surface area contributed by atoms with Gasteiger partial charge < -0.3 is 15.4 Å². The second-order valence-electron chi connectivity index (χ2n) is 8.64. The van der Waals surface area contributed by atoms with Crippen molar-refractivity contribution < 1.29 is 14.3 Å². The minimum Gasteiger partial charge on any atom is -0.497 e. The number of aromatic amines is 1. The molecule has 0 radical (unpaired) electrons. The molecule has 1 fully saturated rings. The number of H-pyrrole nitrogens is 1. The molecular formula is C27H26N4O3. The van der Waals surface area contributed by atoms with Crippen LogP contribution in [0.1, 0.15) is 40.4 Å². The summed E-state index contributed by atoms with van der Waals surface area (Å²) in [5.74, 6) is 1.33. The third-order valence-electron chi connectivity index (χ3n) is 6.36. The summed E-state index contributed by atoms with van der Waals surface area (Å²) < 4.78 is 5.13. The summed E-state index contributed by atoms with van der Waals surface area (Å²) >= 11 is 0. The first-order valence-corrected chi connectivity index (χ1v) is 11.4. The Morgan fingerprint density at radius 3 is 2.59 bits per heavy atom. The van der Waals surface area contributed by atoms with Crippen LogP contribution in [0.2, 0.25) is 0 Å². The SMILES string of the molecule is COc1ccc(C(=O)N[C@H]2C[C@@H](c3cc(NC(=O)Cc4cccc5ccccc45)n[nH]3)C2)cc1. The number of hydrogen-bond acceptors (Lipinski definition) is 4. The molecule has 7 heteroatoms. The van der Waals surface area contributed by atoms with Gasteiger partial charge in [-0.3, -0.25) is 14.7 Å². The molecule has 3 N–H and O–H groups in total. The predicted octanol–water partition coefficient (Wildman–Crippen LogP) is 4.43. The van der Waals surface area contributed by atoms with Gasteiger partial charge >= 0.3 is 0 Å². The number of aromatic nitrogens is 2. The van der Waals surface area contributed by atoms with E-state index in [1.165, 1.54) is 0 Å². The molecule has 3 aromatic carbocycles. The van der Waals surface area contributed by atoms with Gasteiger partial charge in [0.15, 0.2) is 5.82 Å². The van der Waals surface area contributed by atoms with E-state index in [-0.39, 0.29) is 30.2 Å². The largest absolute Gasteiger partial charge is 0.497 e. The Morgan fingerprint density at radius 2 is 1.79 bits per heavy atom. The number of anilines is 1. The highest BCUT2D eigenvalue weighted by Crippen LogP contribution is 2.36. The molecule has 2 amide bonds. The van der Waals surface area contributed by atoms with Gasteiger partial charge in [0.05, 0.1) is 13.5 Å². The first kappa shape index (κ1) is 21.7. The molecule has 1 saturated carbocycles. The maximum Gasteiger partial charge on any atom is 0.251 e. The second-order valence-corrected chi connectivity index (χ2v) is 8.64. The van der Waals surface area contributed by atoms with Crippen molar-refractivity contribution in [3.8, 4) is 5.75 Å². The van der Waals surface area contributed by atoms with E-state index in [1.54, 1.807) is 31.4 Å². The van der Waals surface area contributed by atoms with Gasteiger partial charge in [0.1, 0.15) is 5.75 Å². The predicted molar refractivity (Wildman–Crippen MR) is 131 cm³/mol. The summed E-state index contributed by atoms with van der Waals surface area (Å²) in [6, 6.07) is 23.1. The van der Waals surface area contributed by atoms with Crippen LogP contribution in [0.15, 0.2) is 72.8 Å². The molecule has 0 bridgehead atoms. The minimum atomic E-state index is -0.104.